The first-order valence-electron chi connectivity index (χ1n) is 9.39. The Hall–Kier alpha value is 0.658. The zero-order chi connectivity index (χ0) is 18.0. The van der Waals surface area contributed by atoms with Crippen LogP contribution in [0.15, 0.2) is 0 Å². The molecule has 0 bridgehead atoms. The second-order valence-corrected chi connectivity index (χ2v) is 19.3. The van der Waals surface area contributed by atoms with Crippen LogP contribution in [0.2, 0.25) is 0 Å². The van der Waals surface area contributed by atoms with Crippen molar-refractivity contribution >= 4 is 19.9 Å². The molecule has 0 aromatic heterocycles. The van der Waals surface area contributed by atoms with Crippen molar-refractivity contribution in [2.75, 3.05) is 13.1 Å². The van der Waals surface area contributed by atoms with Gasteiger partial charge in [-0.1, -0.05) is 0 Å². The molecule has 0 saturated carbocycles. The number of rotatable bonds is 2. The Bertz CT molecular complexity index is 395. The Morgan fingerprint density at radius 2 is 1.04 bits per heavy atom. The van der Waals surface area contributed by atoms with Crippen molar-refractivity contribution in [1.29, 1.82) is 0 Å². The third-order valence-electron chi connectivity index (χ3n) is 5.50. The molecule has 2 aliphatic heterocycles. The standard InChI is InChI=1S/C10H22N2.C8H18N2.Sb.H/c1-9(2,3)11-7-8-12-10(4,5)6;1-6(2)9-8(5)10-7(3)4;;/h7-8H2,1-6H3;6-8H,1-5H3;;/q2*-2;+4;. The molecule has 138 valence electrons. The van der Waals surface area contributed by atoms with Crippen LogP contribution in [0.4, 0.5) is 0 Å². The van der Waals surface area contributed by atoms with Crippen molar-refractivity contribution in [3.8, 4) is 0 Å². The molecule has 0 unspecified atom stereocenters. The molecule has 1 spiro atoms. The van der Waals surface area contributed by atoms with Crippen LogP contribution in [0.5, 0.6) is 0 Å². The quantitative estimate of drug-likeness (QED) is 0.618. The summed E-state index contributed by atoms with van der Waals surface area (Å²) in [6, 6.07) is 1.23. The average Bonchev–Trinajstić information content (AvgIpc) is 2.68. The van der Waals surface area contributed by atoms with Crippen molar-refractivity contribution in [3.05, 3.63) is 0 Å². The van der Waals surface area contributed by atoms with E-state index >= 15 is 0 Å². The summed E-state index contributed by atoms with van der Waals surface area (Å²) in [7, 11) is 0. The first-order chi connectivity index (χ1) is 10.3. The average molecular weight is 435 g/mol. The van der Waals surface area contributed by atoms with Crippen LogP contribution in [0.25, 0.3) is 0 Å². The molecular weight excluding hydrogens is 394 g/mol. The normalized spacial score (nSPS) is 29.7. The van der Waals surface area contributed by atoms with Crippen LogP contribution in [-0.2, 0) is 0 Å². The Morgan fingerprint density at radius 3 is 1.26 bits per heavy atom. The second-order valence-electron chi connectivity index (χ2n) is 9.88. The Kier molecular flexibility index (Phi) is 5.32. The minimum absolute atomic E-state index is 0.233. The monoisotopic (exact) mass is 434 g/mol. The Morgan fingerprint density at radius 1 is 0.739 bits per heavy atom. The van der Waals surface area contributed by atoms with E-state index in [1.54, 1.807) is 0 Å². The van der Waals surface area contributed by atoms with Crippen molar-refractivity contribution < 1.29 is 0 Å². The van der Waals surface area contributed by atoms with E-state index in [-0.39, 0.29) is 11.1 Å². The molecule has 2 rings (SSSR count). The van der Waals surface area contributed by atoms with Crippen LogP contribution in [0, 0.1) is 0 Å². The number of nitrogens with zero attached hydrogens (tertiary/aromatic N) is 4. The van der Waals surface area contributed by atoms with Gasteiger partial charge < -0.3 is 0 Å². The van der Waals surface area contributed by atoms with E-state index in [0.29, 0.717) is 18.2 Å². The molecule has 0 N–H and O–H groups in total. The van der Waals surface area contributed by atoms with E-state index in [1.807, 2.05) is 0 Å². The van der Waals surface area contributed by atoms with E-state index < -0.39 is 19.9 Å². The number of hydrogen-bond acceptors (Lipinski definition) is 4. The third-order valence-corrected chi connectivity index (χ3v) is 23.8. The fourth-order valence-electron chi connectivity index (χ4n) is 5.04. The zero-order valence-electron chi connectivity index (χ0n) is 17.4. The summed E-state index contributed by atoms with van der Waals surface area (Å²) in [6.45, 7) is 28.9. The molecule has 2 heterocycles. The van der Waals surface area contributed by atoms with Gasteiger partial charge in [0.15, 0.2) is 0 Å². The molecule has 2 saturated heterocycles. The zero-order valence-corrected chi connectivity index (χ0v) is 20.3. The molecule has 5 heteroatoms. The molecule has 23 heavy (non-hydrogen) atoms. The van der Waals surface area contributed by atoms with Crippen LogP contribution in [-0.4, -0.2) is 74.6 Å². The maximum atomic E-state index is 2.94. The van der Waals surface area contributed by atoms with Gasteiger partial charge in [-0.25, -0.2) is 0 Å². The molecule has 0 amide bonds. The van der Waals surface area contributed by atoms with Crippen LogP contribution < -0.4 is 0 Å². The first-order valence-corrected chi connectivity index (χ1v) is 14.5. The van der Waals surface area contributed by atoms with Gasteiger partial charge in [0.2, 0.25) is 0 Å². The van der Waals surface area contributed by atoms with Gasteiger partial charge in [0.25, 0.3) is 0 Å². The fourth-order valence-corrected chi connectivity index (χ4v) is 24.3. The van der Waals surface area contributed by atoms with Gasteiger partial charge in [-0.2, -0.15) is 0 Å². The van der Waals surface area contributed by atoms with Gasteiger partial charge in [-0.15, -0.1) is 0 Å². The molecule has 4 nitrogen and oxygen atoms in total. The summed E-state index contributed by atoms with van der Waals surface area (Å²) in [4.78, 5) is 0. The van der Waals surface area contributed by atoms with E-state index in [4.69, 9.17) is 0 Å². The summed E-state index contributed by atoms with van der Waals surface area (Å²) in [5.74, 6) is 0. The predicted octanol–water partition coefficient (Wildman–Crippen LogP) is 3.15. The fraction of sp³-hybridized carbons (Fsp3) is 1.00. The van der Waals surface area contributed by atoms with Crippen LogP contribution in [0.1, 0.15) is 76.2 Å². The van der Waals surface area contributed by atoms with Gasteiger partial charge in [0, 0.05) is 0 Å². The first kappa shape index (κ1) is 20.0. The molecule has 2 fully saturated rings. The van der Waals surface area contributed by atoms with E-state index in [1.165, 1.54) is 13.1 Å². The molecule has 2 aliphatic rings. The Balaban J connectivity index is 2.63. The second kappa shape index (κ2) is 6.12. The van der Waals surface area contributed by atoms with Gasteiger partial charge >= 0.3 is 151 Å². The minimum atomic E-state index is -3.01. The SMILES string of the molecule is CC(C)[N]1C(C)[N](C(C)C)[SbH]12[N](C(C)(C)C)CC[N]2C(C)(C)C. The summed E-state index contributed by atoms with van der Waals surface area (Å²) >= 11 is -3.01. The molecule has 0 aliphatic carbocycles. The molecule has 0 atom stereocenters. The summed E-state index contributed by atoms with van der Waals surface area (Å²) in [5.41, 5.74) is 0.465. The van der Waals surface area contributed by atoms with Crippen molar-refractivity contribution in [1.82, 2.24) is 12.2 Å². The maximum absolute atomic E-state index is 3.01. The molecule has 0 radical (unpaired) electrons. The summed E-state index contributed by atoms with van der Waals surface area (Å²) in [6.07, 6.45) is 0.568. The van der Waals surface area contributed by atoms with Gasteiger partial charge in [-0.3, -0.25) is 0 Å². The van der Waals surface area contributed by atoms with E-state index in [2.05, 4.69) is 88.4 Å². The van der Waals surface area contributed by atoms with Gasteiger partial charge in [-0.05, 0) is 0 Å². The van der Waals surface area contributed by atoms with Crippen LogP contribution >= 0.6 is 0 Å². The number of hydrogen-bond donors (Lipinski definition) is 0. The van der Waals surface area contributed by atoms with E-state index in [9.17, 15) is 0 Å². The molecule has 0 aromatic rings. The molecular formula is C18H41N4Sb. The summed E-state index contributed by atoms with van der Waals surface area (Å²) in [5, 5.41) is 0. The summed E-state index contributed by atoms with van der Waals surface area (Å²) < 4.78 is 11.7. The van der Waals surface area contributed by atoms with Gasteiger partial charge in [0.1, 0.15) is 0 Å². The van der Waals surface area contributed by atoms with Crippen molar-refractivity contribution in [2.24, 2.45) is 0 Å². The topological polar surface area (TPSA) is 13.0 Å². The van der Waals surface area contributed by atoms with E-state index in [0.717, 1.165) is 0 Å². The van der Waals surface area contributed by atoms with Crippen molar-refractivity contribution in [3.63, 3.8) is 0 Å². The van der Waals surface area contributed by atoms with Crippen LogP contribution in [0.3, 0.4) is 0 Å². The van der Waals surface area contributed by atoms with Crippen molar-refractivity contribution in [2.45, 2.75) is 105 Å². The predicted molar refractivity (Wildman–Crippen MR) is 103 cm³/mol. The van der Waals surface area contributed by atoms with Gasteiger partial charge in [0.05, 0.1) is 0 Å². The molecule has 0 aromatic carbocycles. The third kappa shape index (κ3) is 2.91. The Labute approximate surface area is 150 Å².